The van der Waals surface area contributed by atoms with Gasteiger partial charge in [-0.15, -0.1) is 0 Å². The van der Waals surface area contributed by atoms with Gasteiger partial charge in [0.2, 0.25) is 0 Å². The van der Waals surface area contributed by atoms with E-state index in [1.807, 2.05) is 13.0 Å². The van der Waals surface area contributed by atoms with E-state index >= 15 is 0 Å². The summed E-state index contributed by atoms with van der Waals surface area (Å²) in [5, 5.41) is 3.15. The van der Waals surface area contributed by atoms with Gasteiger partial charge < -0.3 is 11.1 Å². The summed E-state index contributed by atoms with van der Waals surface area (Å²) in [5.74, 6) is -0.235. The van der Waals surface area contributed by atoms with Gasteiger partial charge in [-0.2, -0.15) is 0 Å². The van der Waals surface area contributed by atoms with Crippen molar-refractivity contribution >= 4 is 56.3 Å². The molecule has 2 aromatic rings. The molecule has 3 nitrogen and oxygen atoms in total. The molecule has 0 aromatic heterocycles. The predicted molar refractivity (Wildman–Crippen MR) is 94.2 cm³/mol. The van der Waals surface area contributed by atoms with Gasteiger partial charge in [0.1, 0.15) is 4.99 Å². The second-order valence-corrected chi connectivity index (χ2v) is 6.18. The van der Waals surface area contributed by atoms with Crippen LogP contribution in [0, 0.1) is 6.92 Å². The van der Waals surface area contributed by atoms with Crippen molar-refractivity contribution < 1.29 is 4.79 Å². The second-order valence-electron chi connectivity index (χ2n) is 4.48. The average molecular weight is 384 g/mol. The monoisotopic (exact) mass is 382 g/mol. The van der Waals surface area contributed by atoms with Gasteiger partial charge in [-0.05, 0) is 42.8 Å². The van der Waals surface area contributed by atoms with Crippen LogP contribution in [0.25, 0.3) is 0 Å². The summed E-state index contributed by atoms with van der Waals surface area (Å²) in [4.78, 5) is 12.5. The number of anilines is 1. The molecular formula is C15H12BrClN2OS. The van der Waals surface area contributed by atoms with Gasteiger partial charge in [-0.25, -0.2) is 0 Å². The first kappa shape index (κ1) is 15.9. The Morgan fingerprint density at radius 3 is 2.48 bits per heavy atom. The highest BCUT2D eigenvalue weighted by molar-refractivity contribution is 9.10. The molecule has 0 aliphatic carbocycles. The number of benzene rings is 2. The van der Waals surface area contributed by atoms with Crippen LogP contribution >= 0.6 is 39.7 Å². The van der Waals surface area contributed by atoms with Gasteiger partial charge in [-0.3, -0.25) is 4.79 Å². The number of rotatable bonds is 3. The zero-order chi connectivity index (χ0) is 15.6. The topological polar surface area (TPSA) is 55.1 Å². The van der Waals surface area contributed by atoms with Crippen molar-refractivity contribution in [3.8, 4) is 0 Å². The quantitative estimate of drug-likeness (QED) is 0.777. The highest BCUT2D eigenvalue weighted by Crippen LogP contribution is 2.24. The molecule has 0 heterocycles. The van der Waals surface area contributed by atoms with Crippen molar-refractivity contribution in [1.29, 1.82) is 0 Å². The van der Waals surface area contributed by atoms with Gasteiger partial charge in [-0.1, -0.05) is 45.8 Å². The predicted octanol–water partition coefficient (Wildman–Crippen LogP) is 4.30. The SMILES string of the molecule is Cc1ccc(C(=O)Nc2ccc(C(N)=S)cc2Cl)cc1Br. The van der Waals surface area contributed by atoms with Crippen LogP contribution in [0.5, 0.6) is 0 Å². The molecular weight excluding hydrogens is 372 g/mol. The summed E-state index contributed by atoms with van der Waals surface area (Å²) in [6.45, 7) is 1.96. The number of carbonyl (C=O) groups excluding carboxylic acids is 1. The maximum absolute atomic E-state index is 12.2. The first-order valence-corrected chi connectivity index (χ1v) is 7.63. The summed E-state index contributed by atoms with van der Waals surface area (Å²) in [7, 11) is 0. The summed E-state index contributed by atoms with van der Waals surface area (Å²) in [6, 6.07) is 10.4. The molecule has 0 aliphatic rings. The average Bonchev–Trinajstić information content (AvgIpc) is 2.43. The molecule has 2 rings (SSSR count). The van der Waals surface area contributed by atoms with Gasteiger partial charge in [0.25, 0.3) is 5.91 Å². The summed E-state index contributed by atoms with van der Waals surface area (Å²) >= 11 is 14.4. The van der Waals surface area contributed by atoms with Crippen LogP contribution in [0.1, 0.15) is 21.5 Å². The Labute approximate surface area is 141 Å². The largest absolute Gasteiger partial charge is 0.389 e. The molecule has 108 valence electrons. The van der Waals surface area contributed by atoms with E-state index in [2.05, 4.69) is 21.2 Å². The first-order chi connectivity index (χ1) is 9.88. The van der Waals surface area contributed by atoms with E-state index < -0.39 is 0 Å². The zero-order valence-electron chi connectivity index (χ0n) is 11.1. The smallest absolute Gasteiger partial charge is 0.255 e. The minimum absolute atomic E-state index is 0.235. The van der Waals surface area contributed by atoms with Crippen LogP contribution < -0.4 is 11.1 Å². The molecule has 0 radical (unpaired) electrons. The zero-order valence-corrected chi connectivity index (χ0v) is 14.3. The van der Waals surface area contributed by atoms with E-state index in [1.165, 1.54) is 0 Å². The minimum atomic E-state index is -0.235. The molecule has 0 aliphatic heterocycles. The summed E-state index contributed by atoms with van der Waals surface area (Å²) in [6.07, 6.45) is 0. The third-order valence-electron chi connectivity index (χ3n) is 2.94. The van der Waals surface area contributed by atoms with Gasteiger partial charge in [0, 0.05) is 15.6 Å². The lowest BCUT2D eigenvalue weighted by Crippen LogP contribution is -2.13. The second kappa shape index (κ2) is 6.56. The molecule has 0 spiro atoms. The number of thiocarbonyl (C=S) groups is 1. The third kappa shape index (κ3) is 3.81. The van der Waals surface area contributed by atoms with Crippen LogP contribution in [-0.4, -0.2) is 10.9 Å². The molecule has 0 bridgehead atoms. The van der Waals surface area contributed by atoms with Crippen LogP contribution in [0.2, 0.25) is 5.02 Å². The van der Waals surface area contributed by atoms with E-state index in [9.17, 15) is 4.79 Å². The fourth-order valence-electron chi connectivity index (χ4n) is 1.70. The molecule has 6 heteroatoms. The highest BCUT2D eigenvalue weighted by atomic mass is 79.9. The highest BCUT2D eigenvalue weighted by Gasteiger charge is 2.10. The Morgan fingerprint density at radius 2 is 1.90 bits per heavy atom. The Balaban J connectivity index is 2.23. The Hall–Kier alpha value is -1.43. The van der Waals surface area contributed by atoms with E-state index in [-0.39, 0.29) is 10.9 Å². The number of aryl methyl sites for hydroxylation is 1. The van der Waals surface area contributed by atoms with Crippen molar-refractivity contribution in [3.63, 3.8) is 0 Å². The normalized spacial score (nSPS) is 10.2. The maximum Gasteiger partial charge on any atom is 0.255 e. The van der Waals surface area contributed by atoms with Gasteiger partial charge in [0.05, 0.1) is 10.7 Å². The third-order valence-corrected chi connectivity index (χ3v) is 4.34. The fourth-order valence-corrected chi connectivity index (χ4v) is 2.43. The molecule has 0 saturated heterocycles. The van der Waals surface area contributed by atoms with E-state index in [1.54, 1.807) is 30.3 Å². The van der Waals surface area contributed by atoms with E-state index in [4.69, 9.17) is 29.6 Å². The molecule has 3 N–H and O–H groups in total. The van der Waals surface area contributed by atoms with Crippen molar-refractivity contribution in [3.05, 3.63) is 62.6 Å². The molecule has 0 atom stereocenters. The molecule has 0 fully saturated rings. The maximum atomic E-state index is 12.2. The van der Waals surface area contributed by atoms with Gasteiger partial charge >= 0.3 is 0 Å². The van der Waals surface area contributed by atoms with Crippen molar-refractivity contribution in [2.75, 3.05) is 5.32 Å². The Morgan fingerprint density at radius 1 is 1.24 bits per heavy atom. The lowest BCUT2D eigenvalue weighted by atomic mass is 10.1. The van der Waals surface area contributed by atoms with Crippen molar-refractivity contribution in [1.82, 2.24) is 0 Å². The lowest BCUT2D eigenvalue weighted by Gasteiger charge is -2.09. The lowest BCUT2D eigenvalue weighted by molar-refractivity contribution is 0.102. The van der Waals surface area contributed by atoms with Crippen LogP contribution in [0.15, 0.2) is 40.9 Å². The van der Waals surface area contributed by atoms with E-state index in [0.29, 0.717) is 21.8 Å². The van der Waals surface area contributed by atoms with E-state index in [0.717, 1.165) is 10.0 Å². The Kier molecular flexibility index (Phi) is 4.98. The van der Waals surface area contributed by atoms with Crippen LogP contribution in [-0.2, 0) is 0 Å². The number of carbonyl (C=O) groups is 1. The first-order valence-electron chi connectivity index (χ1n) is 6.05. The molecule has 1 amide bonds. The van der Waals surface area contributed by atoms with Crippen molar-refractivity contribution in [2.24, 2.45) is 5.73 Å². The minimum Gasteiger partial charge on any atom is -0.389 e. The van der Waals surface area contributed by atoms with Crippen LogP contribution in [0.4, 0.5) is 5.69 Å². The fraction of sp³-hybridized carbons (Fsp3) is 0.0667. The number of hydrogen-bond acceptors (Lipinski definition) is 2. The number of amides is 1. The number of nitrogens with two attached hydrogens (primary N) is 1. The standard InChI is InChI=1S/C15H12BrClN2OS/c1-8-2-3-10(6-11(8)16)15(20)19-13-5-4-9(14(18)21)7-12(13)17/h2-7H,1H3,(H2,18,21)(H,19,20). The van der Waals surface area contributed by atoms with Crippen molar-refractivity contribution in [2.45, 2.75) is 6.92 Å². The molecule has 21 heavy (non-hydrogen) atoms. The van der Waals surface area contributed by atoms with Gasteiger partial charge in [0.15, 0.2) is 0 Å². The Bertz CT molecular complexity index is 734. The summed E-state index contributed by atoms with van der Waals surface area (Å²) in [5.41, 5.74) is 8.31. The number of halogens is 2. The number of nitrogens with one attached hydrogen (secondary N) is 1. The van der Waals surface area contributed by atoms with Crippen LogP contribution in [0.3, 0.4) is 0 Å². The summed E-state index contributed by atoms with van der Waals surface area (Å²) < 4.78 is 0.880. The molecule has 0 unspecified atom stereocenters. The molecule has 2 aromatic carbocycles. The molecule has 0 saturated carbocycles. The number of hydrogen-bond donors (Lipinski definition) is 2.